The number of hydrogen-bond donors (Lipinski definition) is 1. The number of halogens is 6. The van der Waals surface area contributed by atoms with Crippen LogP contribution in [0, 0.1) is 5.41 Å². The van der Waals surface area contributed by atoms with Gasteiger partial charge in [0.15, 0.2) is 0 Å². The van der Waals surface area contributed by atoms with Gasteiger partial charge in [0.2, 0.25) is 0 Å². The molecule has 4 aromatic rings. The van der Waals surface area contributed by atoms with Gasteiger partial charge in [-0.1, -0.05) is 29.4 Å². The van der Waals surface area contributed by atoms with E-state index in [4.69, 9.17) is 4.52 Å². The number of carbonyl (C=O) groups is 1. The Morgan fingerprint density at radius 3 is 2.27 bits per heavy atom. The number of fused-ring (bicyclic) bond motifs is 1. The van der Waals surface area contributed by atoms with Gasteiger partial charge in [-0.25, -0.2) is 9.78 Å². The Morgan fingerprint density at radius 1 is 0.955 bits per heavy atom. The number of benzene rings is 2. The van der Waals surface area contributed by atoms with Crippen molar-refractivity contribution in [3.05, 3.63) is 82.8 Å². The molecule has 1 aliphatic heterocycles. The van der Waals surface area contributed by atoms with Crippen LogP contribution in [-0.4, -0.2) is 34.3 Å². The lowest BCUT2D eigenvalue weighted by atomic mass is 9.63. The molecule has 6 nitrogen and oxygen atoms in total. The second kappa shape index (κ2) is 9.83. The summed E-state index contributed by atoms with van der Waals surface area (Å²) in [6.45, 7) is 1.11. The van der Waals surface area contributed by atoms with Gasteiger partial charge in [0, 0.05) is 41.2 Å². The molecule has 1 N–H and O–H groups in total. The number of pyridine rings is 1. The van der Waals surface area contributed by atoms with E-state index in [9.17, 15) is 36.2 Å². The predicted octanol–water partition coefficient (Wildman–Crippen LogP) is 8.58. The molecule has 0 radical (unpaired) electrons. The highest BCUT2D eigenvalue weighted by atomic mass is 19.4. The van der Waals surface area contributed by atoms with Crippen molar-refractivity contribution in [3.63, 3.8) is 0 Å². The molecule has 0 atom stereocenters. The highest BCUT2D eigenvalue weighted by Crippen LogP contribution is 2.56. The van der Waals surface area contributed by atoms with Crippen molar-refractivity contribution >= 4 is 28.1 Å². The first-order valence-electron chi connectivity index (χ1n) is 14.2. The normalized spacial score (nSPS) is 18.4. The summed E-state index contributed by atoms with van der Waals surface area (Å²) in [6, 6.07) is 10.4. The Kier molecular flexibility index (Phi) is 6.35. The van der Waals surface area contributed by atoms with Gasteiger partial charge in [0.25, 0.3) is 0 Å². The zero-order chi connectivity index (χ0) is 31.0. The number of allylic oxidation sites excluding steroid dienone is 2. The Morgan fingerprint density at radius 2 is 1.64 bits per heavy atom. The zero-order valence-electron chi connectivity index (χ0n) is 23.1. The van der Waals surface area contributed by atoms with E-state index in [0.717, 1.165) is 24.5 Å². The van der Waals surface area contributed by atoms with Crippen molar-refractivity contribution in [2.24, 2.45) is 5.41 Å². The first-order chi connectivity index (χ1) is 20.8. The number of aromatic carboxylic acids is 1. The molecule has 1 saturated carbocycles. The summed E-state index contributed by atoms with van der Waals surface area (Å²) in [6.07, 6.45) is -3.36. The van der Waals surface area contributed by atoms with Crippen LogP contribution in [0.1, 0.15) is 71.0 Å². The van der Waals surface area contributed by atoms with Crippen LogP contribution >= 0.6 is 0 Å². The van der Waals surface area contributed by atoms with Gasteiger partial charge >= 0.3 is 18.3 Å². The van der Waals surface area contributed by atoms with Gasteiger partial charge in [-0.05, 0) is 73.4 Å². The number of carboxylic acid groups (broad SMARTS) is 1. The largest absolute Gasteiger partial charge is 0.477 e. The molecular formula is C32H25F6N3O3. The Balaban J connectivity index is 1.16. The van der Waals surface area contributed by atoms with Crippen LogP contribution in [0.3, 0.4) is 0 Å². The molecule has 2 fully saturated rings. The first-order valence-corrected chi connectivity index (χ1v) is 14.2. The number of carboxylic acids is 1. The van der Waals surface area contributed by atoms with E-state index in [2.05, 4.69) is 16.2 Å². The van der Waals surface area contributed by atoms with Crippen molar-refractivity contribution in [1.82, 2.24) is 10.1 Å². The second-order valence-corrected chi connectivity index (χ2v) is 11.8. The summed E-state index contributed by atoms with van der Waals surface area (Å²) in [5.41, 5.74) is -0.394. The molecule has 0 bridgehead atoms. The lowest BCUT2D eigenvalue weighted by molar-refractivity contribution is -0.137. The van der Waals surface area contributed by atoms with Crippen molar-refractivity contribution in [2.45, 2.75) is 50.4 Å². The van der Waals surface area contributed by atoms with Gasteiger partial charge in [-0.3, -0.25) is 0 Å². The maximum absolute atomic E-state index is 13.9. The third-order valence-electron chi connectivity index (χ3n) is 8.94. The highest BCUT2D eigenvalue weighted by Gasteiger charge is 2.45. The summed E-state index contributed by atoms with van der Waals surface area (Å²) in [4.78, 5) is 17.2. The molecule has 2 aromatic heterocycles. The zero-order valence-corrected chi connectivity index (χ0v) is 23.1. The third kappa shape index (κ3) is 4.89. The summed E-state index contributed by atoms with van der Waals surface area (Å²) in [5, 5.41) is 13.2. The number of hydrogen-bond acceptors (Lipinski definition) is 5. The fourth-order valence-electron chi connectivity index (χ4n) is 6.52. The Labute approximate surface area is 247 Å². The molecule has 1 spiro atoms. The predicted molar refractivity (Wildman–Crippen MR) is 149 cm³/mol. The summed E-state index contributed by atoms with van der Waals surface area (Å²) < 4.78 is 88.7. The standard InChI is InChI=1S/C32H25F6N3O3/c33-31(34,35)22-4-2-1-3-20(22)27-26(28(44-40-27)17-5-6-17)18-15-30(16-18)9-11-41(12-10-30)19-7-8-24-21(13-19)23(32(36,37)38)14-25(39-24)29(42)43/h1-4,7-8,13-15,17H,5-6,9-12,16H2,(H,42,43). The molecule has 228 valence electrons. The topological polar surface area (TPSA) is 79.5 Å². The van der Waals surface area contributed by atoms with Gasteiger partial charge < -0.3 is 14.5 Å². The van der Waals surface area contributed by atoms with Gasteiger partial charge in [-0.15, -0.1) is 0 Å². The van der Waals surface area contributed by atoms with Gasteiger partial charge in [0.05, 0.1) is 16.6 Å². The van der Waals surface area contributed by atoms with Crippen molar-refractivity contribution in [2.75, 3.05) is 18.0 Å². The van der Waals surface area contributed by atoms with E-state index in [1.54, 1.807) is 12.1 Å². The van der Waals surface area contributed by atoms with Crippen LogP contribution in [0.15, 0.2) is 59.1 Å². The third-order valence-corrected chi connectivity index (χ3v) is 8.94. The van der Waals surface area contributed by atoms with Crippen molar-refractivity contribution < 1.29 is 40.8 Å². The highest BCUT2D eigenvalue weighted by molar-refractivity contribution is 5.93. The number of aromatic nitrogens is 2. The maximum atomic E-state index is 13.9. The van der Waals surface area contributed by atoms with Crippen molar-refractivity contribution in [1.29, 1.82) is 0 Å². The minimum atomic E-state index is -4.76. The fourth-order valence-corrected chi connectivity index (χ4v) is 6.52. The minimum Gasteiger partial charge on any atom is -0.477 e. The van der Waals surface area contributed by atoms with Gasteiger partial charge in [0.1, 0.15) is 17.1 Å². The van der Waals surface area contributed by atoms with Crippen LogP contribution in [0.25, 0.3) is 27.7 Å². The van der Waals surface area contributed by atoms with Crippen LogP contribution in [0.5, 0.6) is 0 Å². The molecule has 0 unspecified atom stereocenters. The monoisotopic (exact) mass is 613 g/mol. The van der Waals surface area contributed by atoms with E-state index in [-0.39, 0.29) is 33.5 Å². The lowest BCUT2D eigenvalue weighted by Crippen LogP contribution is -2.42. The van der Waals surface area contributed by atoms with E-state index in [0.29, 0.717) is 55.4 Å². The molecule has 1 saturated heterocycles. The Hall–Kier alpha value is -4.35. The summed E-state index contributed by atoms with van der Waals surface area (Å²) in [7, 11) is 0. The first kappa shape index (κ1) is 28.4. The Bertz CT molecular complexity index is 1830. The molecule has 44 heavy (non-hydrogen) atoms. The molecular weight excluding hydrogens is 588 g/mol. The van der Waals surface area contributed by atoms with E-state index in [1.807, 2.05) is 4.90 Å². The number of piperidine rings is 1. The smallest absolute Gasteiger partial charge is 0.417 e. The fraction of sp³-hybridized carbons (Fsp3) is 0.344. The molecule has 3 aliphatic rings. The minimum absolute atomic E-state index is 0.0122. The molecule has 7 rings (SSSR count). The van der Waals surface area contributed by atoms with E-state index < -0.39 is 35.1 Å². The average Bonchev–Trinajstić information content (AvgIpc) is 3.72. The van der Waals surface area contributed by atoms with Crippen LogP contribution in [0.2, 0.25) is 0 Å². The number of rotatable bonds is 5. The quantitative estimate of drug-likeness (QED) is 0.227. The maximum Gasteiger partial charge on any atom is 0.417 e. The lowest BCUT2D eigenvalue weighted by Gasteiger charge is -2.47. The van der Waals surface area contributed by atoms with Crippen LogP contribution in [0.4, 0.5) is 32.0 Å². The SMILES string of the molecule is O=C(O)c1cc(C(F)(F)F)c2cc(N3CCC4(C=C(c5c(-c6ccccc6C(F)(F)F)noc5C5CC5)C4)CC3)ccc2n1. The van der Waals surface area contributed by atoms with E-state index in [1.165, 1.54) is 24.3 Å². The van der Waals surface area contributed by atoms with Gasteiger partial charge in [-0.2, -0.15) is 26.3 Å². The number of alkyl halides is 6. The number of nitrogens with zero attached hydrogens (tertiary/aromatic N) is 3. The average molecular weight is 614 g/mol. The second-order valence-electron chi connectivity index (χ2n) is 11.8. The molecule has 0 amide bonds. The summed E-state index contributed by atoms with van der Waals surface area (Å²) >= 11 is 0. The van der Waals surface area contributed by atoms with Crippen LogP contribution in [-0.2, 0) is 12.4 Å². The molecule has 3 heterocycles. The molecule has 2 aliphatic carbocycles. The van der Waals surface area contributed by atoms with E-state index >= 15 is 0 Å². The summed E-state index contributed by atoms with van der Waals surface area (Å²) in [5.74, 6) is -0.770. The molecule has 2 aromatic carbocycles. The van der Waals surface area contributed by atoms with Crippen LogP contribution < -0.4 is 4.90 Å². The van der Waals surface area contributed by atoms with Crippen molar-refractivity contribution in [3.8, 4) is 11.3 Å². The number of anilines is 1. The molecule has 12 heteroatoms.